The largest absolute Gasteiger partial charge is 0.439 e. The number of hydrogen-bond donors (Lipinski definition) is 2. The van der Waals surface area contributed by atoms with Crippen molar-refractivity contribution < 1.29 is 61.6 Å². The fraction of sp³-hybridized carbons (Fsp3) is 0.519. The molecule has 1 aliphatic heterocycles. The lowest BCUT2D eigenvalue weighted by atomic mass is 9.96. The van der Waals surface area contributed by atoms with Crippen molar-refractivity contribution in [3.8, 4) is 0 Å². The van der Waals surface area contributed by atoms with Crippen LogP contribution in [0.25, 0.3) is 55.5 Å². The number of rotatable bonds is 14. The number of benzene rings is 5. The highest BCUT2D eigenvalue weighted by atomic mass is 35.5. The highest BCUT2D eigenvalue weighted by molar-refractivity contribution is 7.99. The van der Waals surface area contributed by atoms with Crippen molar-refractivity contribution in [1.82, 2.24) is 24.9 Å². The van der Waals surface area contributed by atoms with Crippen molar-refractivity contribution in [1.29, 1.82) is 0 Å². The van der Waals surface area contributed by atoms with Gasteiger partial charge in [-0.2, -0.15) is 0 Å². The number of oxazole rings is 5. The number of sulfone groups is 3. The molecule has 1 saturated heterocycles. The summed E-state index contributed by atoms with van der Waals surface area (Å²) in [7, 11) is -12.8. The second-order valence-electron chi connectivity index (χ2n) is 33.9. The van der Waals surface area contributed by atoms with Gasteiger partial charge in [0.2, 0.25) is 29.5 Å². The van der Waals surface area contributed by atoms with Crippen LogP contribution in [-0.4, -0.2) is 111 Å². The minimum Gasteiger partial charge on any atom is -0.439 e. The van der Waals surface area contributed by atoms with Gasteiger partial charge in [-0.15, -0.1) is 31.0 Å². The second kappa shape index (κ2) is 32.0. The molecule has 1 atom stereocenters. The minimum absolute atomic E-state index is 0.00781. The molecule has 5 aromatic heterocycles. The Hall–Kier alpha value is -4.71. The number of nitrogens with zero attached hydrogens (tertiary/aromatic N) is 5. The van der Waals surface area contributed by atoms with E-state index in [-0.39, 0.29) is 109 Å². The Morgan fingerprint density at radius 1 is 0.514 bits per heavy atom. The van der Waals surface area contributed by atoms with E-state index in [0.29, 0.717) is 81.5 Å². The summed E-state index contributed by atoms with van der Waals surface area (Å²) in [6.45, 7) is 45.3. The lowest BCUT2D eigenvalue weighted by Crippen LogP contribution is -2.50. The fourth-order valence-corrected chi connectivity index (χ4v) is 20.8. The number of aliphatic hydroxyl groups is 1. The lowest BCUT2D eigenvalue weighted by molar-refractivity contribution is 0.0977. The molecule has 2 aliphatic carbocycles. The predicted molar refractivity (Wildman–Crippen MR) is 436 cm³/mol. The molecule has 0 spiro atoms. The van der Waals surface area contributed by atoms with E-state index in [9.17, 15) is 30.4 Å². The number of thiol groups is 1. The van der Waals surface area contributed by atoms with Crippen LogP contribution in [0.1, 0.15) is 193 Å². The number of halogens is 5. The maximum Gasteiger partial charge on any atom is 0.200 e. The highest BCUT2D eigenvalue weighted by Crippen LogP contribution is 2.47. The fourth-order valence-electron chi connectivity index (χ4n) is 10.7. The number of hydrogen-bond acceptors (Lipinski definition) is 21. The minimum atomic E-state index is -3.65. The zero-order chi connectivity index (χ0) is 79.7. The van der Waals surface area contributed by atoms with Crippen LogP contribution in [-0.2, 0) is 65.7 Å². The molecule has 10 aromatic rings. The van der Waals surface area contributed by atoms with E-state index in [1.165, 1.54) is 6.07 Å². The van der Waals surface area contributed by atoms with Gasteiger partial charge in [0.15, 0.2) is 65.7 Å². The van der Waals surface area contributed by atoms with Crippen LogP contribution < -0.4 is 0 Å². The molecule has 584 valence electrons. The SMILES string of the molecule is C=CCCSc1c(Cl)ccc2nc(C(C)(C)C)oc12.CC(C)(C)c1nc2ccc(Cl)c(S(=O)(=O)C3CC(O)C3)c2o1.CC(C)(C)c1nc2ccc(Cl)c(S(=O)(=O)C3CC(O[Si](C)(C)C(C)(C)C)C3)c2o1.CC(C)(C)c1nc2ccc(Cl)c(S(=O)(=O)CCC3CO3)c2o1.CC(C)(C)c1nc2ccc(Cl)c(S)c2o1. The topological polar surface area (TPSA) is 275 Å². The van der Waals surface area contributed by atoms with Gasteiger partial charge in [-0.3, -0.25) is 0 Å². The number of aromatic nitrogens is 5. The summed E-state index contributed by atoms with van der Waals surface area (Å²) < 4.78 is 118. The molecule has 5 aromatic carbocycles. The summed E-state index contributed by atoms with van der Waals surface area (Å²) >= 11 is 36.8. The molecule has 19 nitrogen and oxygen atoms in total. The molecule has 107 heavy (non-hydrogen) atoms. The lowest BCUT2D eigenvalue weighted by Gasteiger charge is -2.44. The Morgan fingerprint density at radius 2 is 0.841 bits per heavy atom. The van der Waals surface area contributed by atoms with Crippen molar-refractivity contribution in [2.75, 3.05) is 18.1 Å². The summed E-state index contributed by atoms with van der Waals surface area (Å²) in [6.07, 6.45) is 4.22. The summed E-state index contributed by atoms with van der Waals surface area (Å²) in [5, 5.41) is 10.1. The molecular formula is C77H98Cl5N5O14S5Si. The molecule has 13 rings (SSSR count). The van der Waals surface area contributed by atoms with E-state index in [1.807, 2.05) is 86.6 Å². The first-order valence-corrected chi connectivity index (χ1v) is 46.2. The van der Waals surface area contributed by atoms with Crippen LogP contribution in [0.5, 0.6) is 0 Å². The van der Waals surface area contributed by atoms with E-state index >= 15 is 0 Å². The molecule has 0 amide bonds. The van der Waals surface area contributed by atoms with Gasteiger partial charge in [0.1, 0.15) is 42.3 Å². The summed E-state index contributed by atoms with van der Waals surface area (Å²) in [5.74, 6) is 3.83. The number of allylic oxidation sites excluding steroid dienone is 1. The van der Waals surface area contributed by atoms with Gasteiger partial charge < -0.3 is 36.4 Å². The number of aliphatic hydroxyl groups excluding tert-OH is 1. The van der Waals surface area contributed by atoms with Crippen molar-refractivity contribution in [2.45, 2.75) is 262 Å². The summed E-state index contributed by atoms with van der Waals surface area (Å²) in [6, 6.07) is 17.1. The van der Waals surface area contributed by atoms with Crippen LogP contribution in [0.3, 0.4) is 0 Å². The van der Waals surface area contributed by atoms with Crippen LogP contribution in [0, 0.1) is 0 Å². The Labute approximate surface area is 664 Å². The first kappa shape index (κ1) is 86.3. The summed E-state index contributed by atoms with van der Waals surface area (Å²) in [5.41, 5.74) is 4.17. The van der Waals surface area contributed by atoms with Gasteiger partial charge in [0.25, 0.3) is 0 Å². The monoisotopic (exact) mass is 1680 g/mol. The van der Waals surface area contributed by atoms with Gasteiger partial charge in [-0.1, -0.05) is 189 Å². The Morgan fingerprint density at radius 3 is 1.21 bits per heavy atom. The molecule has 2 saturated carbocycles. The van der Waals surface area contributed by atoms with Gasteiger partial charge >= 0.3 is 0 Å². The first-order chi connectivity index (χ1) is 49.1. The van der Waals surface area contributed by atoms with Crippen molar-refractivity contribution in [3.63, 3.8) is 0 Å². The summed E-state index contributed by atoms with van der Waals surface area (Å²) in [4.78, 5) is 23.9. The zero-order valence-corrected chi connectivity index (χ0v) is 73.2. The molecule has 6 heterocycles. The first-order valence-electron chi connectivity index (χ1n) is 35.2. The van der Waals surface area contributed by atoms with Crippen molar-refractivity contribution in [3.05, 3.63) is 128 Å². The van der Waals surface area contributed by atoms with Gasteiger partial charge in [-0.25, -0.2) is 50.2 Å². The van der Waals surface area contributed by atoms with Crippen molar-refractivity contribution in [2.24, 2.45) is 0 Å². The molecule has 3 aliphatic rings. The Balaban J connectivity index is 0.000000157. The van der Waals surface area contributed by atoms with Gasteiger partial charge in [0, 0.05) is 38.9 Å². The van der Waals surface area contributed by atoms with Crippen LogP contribution in [0.15, 0.2) is 120 Å². The number of epoxide rings is 1. The molecule has 30 heteroatoms. The average molecular weight is 1680 g/mol. The van der Waals surface area contributed by atoms with E-state index in [0.717, 1.165) is 44.6 Å². The van der Waals surface area contributed by atoms with Gasteiger partial charge in [0.05, 0.1) is 70.0 Å². The molecule has 1 N–H and O–H groups in total. The molecular weight excluding hydrogens is 1580 g/mol. The van der Waals surface area contributed by atoms with E-state index < -0.39 is 54.4 Å². The zero-order valence-electron chi connectivity index (χ0n) is 64.3. The third-order valence-electron chi connectivity index (χ3n) is 18.4. The van der Waals surface area contributed by atoms with Crippen LogP contribution in [0.4, 0.5) is 0 Å². The second-order valence-corrected chi connectivity index (χ2v) is 48.6. The molecule has 0 bridgehead atoms. The standard InChI is InChI=1S/C21H32ClNO4SSi.2C15H18ClNO4S.C15H18ClNOS.C11H12ClNOS/c1-20(2,3)19-23-16-10-9-15(22)18(17(16)26-19)28(24,25)14-11-13(12-14)27-29(7,8)21(4,5)6;1-15(2,3)14-17-11-5-4-10(16)13(12(11)21-14)22(19,20)9-6-8(18)7-9;1-15(2,3)14-17-11-5-4-10(16)13(12(11)21-14)22(18,19)7-6-9-8-20-9;1-5-6-9-19-13-10(16)7-8-11-12(13)18-14(17-11)15(2,3)4;1-11(2,3)10-13-7-5-4-6(12)9(15)8(7)14-10/h9-10,13-14H,11-12H2,1-8H3;4-5,8-9,18H,6-7H2,1-3H3;4-5,9H,6-8H2,1-3H3;5,7-8H,1,6,9H2,2-4H3;4-5,15H,1-3H3. The molecule has 3 fully saturated rings. The smallest absolute Gasteiger partial charge is 0.200 e. The maximum absolute atomic E-state index is 13.4. The van der Waals surface area contributed by atoms with Gasteiger partial charge in [-0.05, 0) is 117 Å². The molecule has 0 radical (unpaired) electrons. The van der Waals surface area contributed by atoms with E-state index in [1.54, 1.807) is 48.2 Å². The number of fused-ring (bicyclic) bond motifs is 5. The van der Waals surface area contributed by atoms with Crippen LogP contribution in [0.2, 0.25) is 43.2 Å². The molecule has 1 unspecified atom stereocenters. The average Bonchev–Trinajstić information content (AvgIpc) is 1.75. The number of thioether (sulfide) groups is 1. The Bertz CT molecular complexity index is 5290. The normalized spacial score (nSPS) is 18.2. The predicted octanol–water partition coefficient (Wildman–Crippen LogP) is 22.0. The third-order valence-corrected chi connectivity index (χ3v) is 32.9. The van der Waals surface area contributed by atoms with Crippen molar-refractivity contribution >= 4 is 176 Å². The quantitative estimate of drug-likeness (QED) is 0.0256. The maximum atomic E-state index is 13.4. The third kappa shape index (κ3) is 19.8. The van der Waals surface area contributed by atoms with E-state index in [4.69, 9.17) is 89.3 Å². The highest BCUT2D eigenvalue weighted by Gasteiger charge is 2.48. The van der Waals surface area contributed by atoms with E-state index in [2.05, 4.69) is 120 Å². The Kier molecular flexibility index (Phi) is 25.8. The van der Waals surface area contributed by atoms with Crippen LogP contribution >= 0.6 is 82.4 Å². The number of ether oxygens (including phenoxy) is 1.